The first-order valence-corrected chi connectivity index (χ1v) is 10.1. The summed E-state index contributed by atoms with van der Waals surface area (Å²) in [6, 6.07) is 1.86. The van der Waals surface area contributed by atoms with E-state index in [2.05, 4.69) is 10.00 Å². The Bertz CT molecular complexity index is 620. The Balaban J connectivity index is 1.64. The molecular weight excluding hydrogens is 302 g/mol. The Kier molecular flexibility index (Phi) is 4.56. The van der Waals surface area contributed by atoms with Crippen LogP contribution in [0.2, 0.25) is 0 Å². The lowest BCUT2D eigenvalue weighted by Crippen LogP contribution is -2.36. The molecular formula is C15H25N3O3S. The molecule has 1 aromatic rings. The zero-order valence-electron chi connectivity index (χ0n) is 13.1. The molecule has 0 saturated heterocycles. The van der Waals surface area contributed by atoms with E-state index in [9.17, 15) is 13.5 Å². The molecule has 2 aliphatic rings. The van der Waals surface area contributed by atoms with Gasteiger partial charge in [-0.1, -0.05) is 12.8 Å². The molecule has 2 heterocycles. The van der Waals surface area contributed by atoms with Crippen LogP contribution in [0.5, 0.6) is 0 Å². The fourth-order valence-corrected chi connectivity index (χ4v) is 4.34. The van der Waals surface area contributed by atoms with Crippen LogP contribution in [-0.2, 0) is 22.9 Å². The third-order valence-electron chi connectivity index (χ3n) is 4.69. The number of hydrogen-bond acceptors (Lipinski definition) is 5. The van der Waals surface area contributed by atoms with Gasteiger partial charge in [-0.15, -0.1) is 0 Å². The molecule has 6 nitrogen and oxygen atoms in total. The maximum atomic E-state index is 11.3. The molecule has 1 fully saturated rings. The number of fused-ring (bicyclic) bond motifs is 1. The Morgan fingerprint density at radius 1 is 1.36 bits per heavy atom. The fraction of sp³-hybridized carbons (Fsp3) is 0.800. The molecule has 22 heavy (non-hydrogen) atoms. The summed E-state index contributed by atoms with van der Waals surface area (Å²) in [6.07, 6.45) is 5.50. The van der Waals surface area contributed by atoms with Crippen LogP contribution in [-0.4, -0.2) is 53.3 Å². The van der Waals surface area contributed by atoms with Gasteiger partial charge in [0.2, 0.25) is 0 Å². The minimum atomic E-state index is -3.21. The lowest BCUT2D eigenvalue weighted by atomic mass is 10.1. The van der Waals surface area contributed by atoms with Crippen LogP contribution in [0, 0.1) is 5.92 Å². The highest BCUT2D eigenvalue weighted by Gasteiger charge is 2.25. The first-order chi connectivity index (χ1) is 10.4. The quantitative estimate of drug-likeness (QED) is 0.872. The van der Waals surface area contributed by atoms with Crippen molar-refractivity contribution in [3.63, 3.8) is 0 Å². The fourth-order valence-electron chi connectivity index (χ4n) is 3.59. The Labute approximate surface area is 132 Å². The molecule has 0 spiro atoms. The van der Waals surface area contributed by atoms with Gasteiger partial charge in [0.05, 0.1) is 23.7 Å². The van der Waals surface area contributed by atoms with Crippen LogP contribution in [0.4, 0.5) is 0 Å². The highest BCUT2D eigenvalue weighted by molar-refractivity contribution is 7.90. The van der Waals surface area contributed by atoms with Crippen LogP contribution < -0.4 is 0 Å². The molecule has 1 aliphatic heterocycles. The molecule has 1 aromatic heterocycles. The van der Waals surface area contributed by atoms with Crippen LogP contribution >= 0.6 is 0 Å². The molecule has 1 N–H and O–H groups in total. The number of sulfone groups is 1. The van der Waals surface area contributed by atoms with Crippen molar-refractivity contribution in [3.8, 4) is 0 Å². The van der Waals surface area contributed by atoms with Gasteiger partial charge in [0, 0.05) is 25.9 Å². The smallest absolute Gasteiger partial charge is 0.150 e. The Morgan fingerprint density at radius 3 is 2.77 bits per heavy atom. The van der Waals surface area contributed by atoms with E-state index < -0.39 is 15.9 Å². The molecule has 0 bridgehead atoms. The van der Waals surface area contributed by atoms with Gasteiger partial charge in [0.1, 0.15) is 15.9 Å². The van der Waals surface area contributed by atoms with Crippen LogP contribution in [0.3, 0.4) is 0 Å². The summed E-state index contributed by atoms with van der Waals surface area (Å²) in [5.41, 5.74) is 1.55. The van der Waals surface area contributed by atoms with E-state index in [1.807, 2.05) is 10.7 Å². The summed E-state index contributed by atoms with van der Waals surface area (Å²) in [7, 11) is -3.21. The van der Waals surface area contributed by atoms with Gasteiger partial charge in [-0.05, 0) is 24.8 Å². The van der Waals surface area contributed by atoms with E-state index in [0.717, 1.165) is 44.0 Å². The molecule has 1 saturated carbocycles. The Morgan fingerprint density at radius 2 is 2.09 bits per heavy atom. The van der Waals surface area contributed by atoms with E-state index >= 15 is 0 Å². The van der Waals surface area contributed by atoms with Crippen LogP contribution in [0.25, 0.3) is 0 Å². The van der Waals surface area contributed by atoms with Crippen molar-refractivity contribution >= 4 is 9.84 Å². The first-order valence-electron chi connectivity index (χ1n) is 8.05. The molecule has 1 aliphatic carbocycles. The topological polar surface area (TPSA) is 75.4 Å². The monoisotopic (exact) mass is 327 g/mol. The standard InChI is InChI=1S/C15H25N3O3S/c1-22(20,21)11-15(19)14-8-13-10-17(6-7-18(13)16-14)9-12-4-2-3-5-12/h8,12,15,19H,2-7,9-11H2,1H3. The minimum Gasteiger partial charge on any atom is -0.386 e. The molecule has 124 valence electrons. The minimum absolute atomic E-state index is 0.269. The number of aliphatic hydroxyl groups excluding tert-OH is 1. The zero-order valence-corrected chi connectivity index (χ0v) is 13.9. The van der Waals surface area contributed by atoms with E-state index in [4.69, 9.17) is 0 Å². The number of aromatic nitrogens is 2. The normalized spacial score (nSPS) is 21.9. The Hall–Kier alpha value is -0.920. The van der Waals surface area contributed by atoms with Gasteiger partial charge in [-0.3, -0.25) is 9.58 Å². The van der Waals surface area contributed by atoms with Crippen molar-refractivity contribution in [2.45, 2.75) is 44.9 Å². The van der Waals surface area contributed by atoms with E-state index in [-0.39, 0.29) is 5.75 Å². The molecule has 0 aromatic carbocycles. The van der Waals surface area contributed by atoms with Crippen molar-refractivity contribution in [1.29, 1.82) is 0 Å². The molecule has 1 unspecified atom stereocenters. The average molecular weight is 327 g/mol. The van der Waals surface area contributed by atoms with Crippen LogP contribution in [0.1, 0.15) is 43.2 Å². The summed E-state index contributed by atoms with van der Waals surface area (Å²) in [4.78, 5) is 2.46. The van der Waals surface area contributed by atoms with Crippen molar-refractivity contribution in [2.24, 2.45) is 5.92 Å². The second-order valence-electron chi connectivity index (χ2n) is 6.78. The molecule has 1 atom stereocenters. The third kappa shape index (κ3) is 3.88. The summed E-state index contributed by atoms with van der Waals surface area (Å²) in [5.74, 6) is 0.555. The number of hydrogen-bond donors (Lipinski definition) is 1. The summed E-state index contributed by atoms with van der Waals surface area (Å²) >= 11 is 0. The maximum Gasteiger partial charge on any atom is 0.150 e. The van der Waals surface area contributed by atoms with Crippen molar-refractivity contribution in [3.05, 3.63) is 17.5 Å². The molecule has 0 radical (unpaired) electrons. The maximum absolute atomic E-state index is 11.3. The number of aliphatic hydroxyl groups is 1. The molecule has 0 amide bonds. The van der Waals surface area contributed by atoms with E-state index in [1.165, 1.54) is 25.7 Å². The SMILES string of the molecule is CS(=O)(=O)CC(O)c1cc2n(n1)CCN(CC1CCCC1)C2. The summed E-state index contributed by atoms with van der Waals surface area (Å²) < 4.78 is 24.5. The van der Waals surface area contributed by atoms with Gasteiger partial charge < -0.3 is 5.11 Å². The van der Waals surface area contributed by atoms with Gasteiger partial charge in [0.15, 0.2) is 0 Å². The average Bonchev–Trinajstić information content (AvgIpc) is 3.05. The lowest BCUT2D eigenvalue weighted by molar-refractivity contribution is 0.180. The predicted octanol–water partition coefficient (Wildman–Crippen LogP) is 0.967. The number of rotatable bonds is 5. The second-order valence-corrected chi connectivity index (χ2v) is 8.96. The van der Waals surface area contributed by atoms with Gasteiger partial charge >= 0.3 is 0 Å². The number of nitrogens with zero attached hydrogens (tertiary/aromatic N) is 3. The van der Waals surface area contributed by atoms with Crippen molar-refractivity contribution in [1.82, 2.24) is 14.7 Å². The van der Waals surface area contributed by atoms with Gasteiger partial charge in [-0.2, -0.15) is 5.10 Å². The van der Waals surface area contributed by atoms with Crippen LogP contribution in [0.15, 0.2) is 6.07 Å². The third-order valence-corrected chi connectivity index (χ3v) is 5.61. The van der Waals surface area contributed by atoms with Gasteiger partial charge in [-0.25, -0.2) is 8.42 Å². The highest BCUT2D eigenvalue weighted by atomic mass is 32.2. The van der Waals surface area contributed by atoms with Crippen molar-refractivity contribution in [2.75, 3.05) is 25.1 Å². The highest BCUT2D eigenvalue weighted by Crippen LogP contribution is 2.27. The zero-order chi connectivity index (χ0) is 15.7. The second kappa shape index (κ2) is 6.29. The predicted molar refractivity (Wildman–Crippen MR) is 84.1 cm³/mol. The lowest BCUT2D eigenvalue weighted by Gasteiger charge is -2.29. The van der Waals surface area contributed by atoms with E-state index in [1.54, 1.807) is 0 Å². The summed E-state index contributed by atoms with van der Waals surface area (Å²) in [5, 5.41) is 14.4. The van der Waals surface area contributed by atoms with E-state index in [0.29, 0.717) is 5.69 Å². The molecule has 3 rings (SSSR count). The van der Waals surface area contributed by atoms with Crippen molar-refractivity contribution < 1.29 is 13.5 Å². The molecule has 7 heteroatoms. The van der Waals surface area contributed by atoms with Gasteiger partial charge in [0.25, 0.3) is 0 Å². The first kappa shape index (κ1) is 16.0. The largest absolute Gasteiger partial charge is 0.386 e. The summed E-state index contributed by atoms with van der Waals surface area (Å²) in [6.45, 7) is 3.78.